The lowest BCUT2D eigenvalue weighted by molar-refractivity contribution is -0.705. The van der Waals surface area contributed by atoms with Gasteiger partial charge in [0.2, 0.25) is 11.6 Å². The van der Waals surface area contributed by atoms with Gasteiger partial charge in [0.05, 0.1) is 22.2 Å². The van der Waals surface area contributed by atoms with Crippen molar-refractivity contribution in [2.45, 2.75) is 5.03 Å². The van der Waals surface area contributed by atoms with Crippen LogP contribution in [-0.2, 0) is 4.79 Å². The number of pyridine rings is 1. The number of nitrogens with zero attached hydrogens (tertiary/aromatic N) is 3. The summed E-state index contributed by atoms with van der Waals surface area (Å²) in [6.45, 7) is 0. The summed E-state index contributed by atoms with van der Waals surface area (Å²) in [5.41, 5.74) is 2.16. The van der Waals surface area contributed by atoms with Crippen molar-refractivity contribution >= 4 is 34.3 Å². The second-order valence-corrected chi connectivity index (χ2v) is 6.59. The van der Waals surface area contributed by atoms with Crippen LogP contribution in [0.2, 0.25) is 0 Å². The van der Waals surface area contributed by atoms with Crippen LogP contribution in [0.15, 0.2) is 76.4 Å². The summed E-state index contributed by atoms with van der Waals surface area (Å²) in [6, 6.07) is 18.4. The Morgan fingerprint density at radius 1 is 1.11 bits per heavy atom. The van der Waals surface area contributed by atoms with Crippen molar-refractivity contribution in [1.82, 2.24) is 10.3 Å². The van der Waals surface area contributed by atoms with Gasteiger partial charge in [-0.1, -0.05) is 24.3 Å². The predicted octanol–water partition coefficient (Wildman–Crippen LogP) is 2.30. The van der Waals surface area contributed by atoms with Crippen molar-refractivity contribution in [2.24, 2.45) is 0 Å². The first-order chi connectivity index (χ1) is 13.2. The molecule has 0 aliphatic carbocycles. The molecule has 2 aromatic carbocycles. The van der Waals surface area contributed by atoms with E-state index >= 15 is 0 Å². The molecule has 7 nitrogen and oxygen atoms in total. The second-order valence-electron chi connectivity index (χ2n) is 5.63. The average Bonchev–Trinajstić information content (AvgIpc) is 3.08. The highest BCUT2D eigenvalue weighted by molar-refractivity contribution is 7.99. The first kappa shape index (κ1) is 17.0. The first-order valence-corrected chi connectivity index (χ1v) is 9.12. The summed E-state index contributed by atoms with van der Waals surface area (Å²) in [7, 11) is 0. The number of fused-ring (bicyclic) bond motifs is 1. The van der Waals surface area contributed by atoms with E-state index in [4.69, 9.17) is 4.52 Å². The largest absolute Gasteiger partial charge is 0.538 e. The van der Waals surface area contributed by atoms with Gasteiger partial charge >= 0.3 is 0 Å². The van der Waals surface area contributed by atoms with Gasteiger partial charge in [0.1, 0.15) is 0 Å². The number of hydrogen-bond acceptors (Lipinski definition) is 6. The van der Waals surface area contributed by atoms with Crippen molar-refractivity contribution < 1.29 is 19.1 Å². The molecule has 0 spiro atoms. The molecule has 27 heavy (non-hydrogen) atoms. The number of aromatic nitrogens is 3. The van der Waals surface area contributed by atoms with Crippen LogP contribution >= 0.6 is 11.8 Å². The third kappa shape index (κ3) is 3.61. The quantitative estimate of drug-likeness (QED) is 0.423. The van der Waals surface area contributed by atoms with Gasteiger partial charge in [-0.15, -0.1) is 0 Å². The number of anilines is 1. The van der Waals surface area contributed by atoms with Crippen molar-refractivity contribution in [3.05, 3.63) is 66.9 Å². The van der Waals surface area contributed by atoms with Crippen molar-refractivity contribution in [1.29, 1.82) is 0 Å². The number of amides is 1. The molecule has 0 bridgehead atoms. The molecule has 0 saturated carbocycles. The molecule has 0 unspecified atom stereocenters. The number of carbonyl (C=O) groups excluding carboxylic acids is 1. The average molecular weight is 378 g/mol. The number of hydrogen-bond donors (Lipinski definition) is 1. The van der Waals surface area contributed by atoms with E-state index < -0.39 is 5.95 Å². The molecule has 0 aliphatic rings. The van der Waals surface area contributed by atoms with Gasteiger partial charge in [-0.05, 0) is 40.7 Å². The van der Waals surface area contributed by atoms with E-state index in [1.54, 1.807) is 18.3 Å². The smallest absolute Gasteiger partial charge is 0.298 e. The van der Waals surface area contributed by atoms with E-state index in [1.807, 2.05) is 48.5 Å². The fraction of sp³-hybridized carbons (Fsp3) is 0.0526. The van der Waals surface area contributed by atoms with E-state index in [0.29, 0.717) is 11.4 Å². The molecule has 2 heterocycles. The predicted molar refractivity (Wildman–Crippen MR) is 98.6 cm³/mol. The molecule has 2 aromatic heterocycles. The molecule has 0 radical (unpaired) electrons. The number of carbonyl (C=O) groups is 1. The van der Waals surface area contributed by atoms with Gasteiger partial charge in [-0.2, -0.15) is 0 Å². The Kier molecular flexibility index (Phi) is 4.71. The summed E-state index contributed by atoms with van der Waals surface area (Å²) in [5.74, 6) is -0.775. The lowest BCUT2D eigenvalue weighted by Gasteiger charge is -2.07. The highest BCUT2D eigenvalue weighted by atomic mass is 32.2. The molecular formula is C19H14N4O3S. The van der Waals surface area contributed by atoms with E-state index in [9.17, 15) is 9.90 Å². The van der Waals surface area contributed by atoms with Crippen molar-refractivity contribution in [3.63, 3.8) is 0 Å². The van der Waals surface area contributed by atoms with E-state index in [0.717, 1.165) is 22.7 Å². The van der Waals surface area contributed by atoms with Crippen LogP contribution in [0.3, 0.4) is 0 Å². The van der Waals surface area contributed by atoms with Crippen molar-refractivity contribution in [3.8, 4) is 11.6 Å². The highest BCUT2D eigenvalue weighted by Gasteiger charge is 2.22. The molecule has 134 valence electrons. The highest BCUT2D eigenvalue weighted by Crippen LogP contribution is 2.25. The number of rotatable bonds is 5. The Morgan fingerprint density at radius 3 is 2.81 bits per heavy atom. The molecule has 0 fully saturated rings. The zero-order valence-electron chi connectivity index (χ0n) is 14.0. The summed E-state index contributed by atoms with van der Waals surface area (Å²) in [4.78, 5) is 16.7. The minimum absolute atomic E-state index is 0.0416. The minimum Gasteiger partial charge on any atom is -0.538 e. The molecule has 4 aromatic rings. The van der Waals surface area contributed by atoms with Gasteiger partial charge < -0.3 is 14.9 Å². The Labute approximate surface area is 158 Å². The Balaban J connectivity index is 1.50. The molecule has 0 saturated heterocycles. The Hall–Kier alpha value is -3.39. The van der Waals surface area contributed by atoms with Crippen molar-refractivity contribution in [2.75, 3.05) is 11.1 Å². The maximum Gasteiger partial charge on any atom is 0.298 e. The first-order valence-electron chi connectivity index (χ1n) is 8.13. The standard InChI is InChI=1S/C19H14N4O3S/c24-17(21-16-10-4-9-15-14(16)8-5-11-20-15)12-27-18-19(25)26-22-23(18)13-6-2-1-3-7-13/h1-11H,12H2,(H-,20,21,22,24,25). The number of nitrogens with one attached hydrogen (secondary N) is 1. The molecule has 4 rings (SSSR count). The van der Waals surface area contributed by atoms with E-state index in [2.05, 4.69) is 15.6 Å². The molecular weight excluding hydrogens is 364 g/mol. The van der Waals surface area contributed by atoms with Gasteiger partial charge in [0, 0.05) is 23.7 Å². The zero-order chi connectivity index (χ0) is 18.6. The fourth-order valence-corrected chi connectivity index (χ4v) is 3.38. The van der Waals surface area contributed by atoms with Crippen LogP contribution in [0.4, 0.5) is 5.69 Å². The van der Waals surface area contributed by atoms with Crippen LogP contribution in [0.1, 0.15) is 0 Å². The zero-order valence-corrected chi connectivity index (χ0v) is 14.8. The number of thioether (sulfide) groups is 1. The van der Waals surface area contributed by atoms with Crippen LogP contribution in [0, 0.1) is 0 Å². The molecule has 0 atom stereocenters. The monoisotopic (exact) mass is 378 g/mol. The third-order valence-corrected chi connectivity index (χ3v) is 4.85. The number of para-hydroxylation sites is 1. The maximum atomic E-state index is 12.4. The van der Waals surface area contributed by atoms with Gasteiger partial charge in [-0.25, -0.2) is 0 Å². The Morgan fingerprint density at radius 2 is 1.96 bits per heavy atom. The van der Waals surface area contributed by atoms with Gasteiger partial charge in [0.15, 0.2) is 5.95 Å². The van der Waals surface area contributed by atoms with E-state index in [1.165, 1.54) is 4.68 Å². The summed E-state index contributed by atoms with van der Waals surface area (Å²) in [5, 5.41) is 19.7. The summed E-state index contributed by atoms with van der Waals surface area (Å²) < 4.78 is 6.15. The summed E-state index contributed by atoms with van der Waals surface area (Å²) in [6.07, 6.45) is 1.70. The summed E-state index contributed by atoms with van der Waals surface area (Å²) >= 11 is 1.07. The van der Waals surface area contributed by atoms with Gasteiger partial charge in [0.25, 0.3) is 5.03 Å². The van der Waals surface area contributed by atoms with Crippen LogP contribution in [0.5, 0.6) is 5.95 Å². The van der Waals surface area contributed by atoms with Crippen LogP contribution in [-0.4, -0.2) is 21.9 Å². The SMILES string of the molecule is O=C(CSc1c([O-])on[n+]1-c1ccccc1)Nc1cccc2ncccc12. The van der Waals surface area contributed by atoms with Crippen LogP contribution in [0.25, 0.3) is 16.6 Å². The Bertz CT molecular complexity index is 1090. The fourth-order valence-electron chi connectivity index (χ4n) is 2.63. The van der Waals surface area contributed by atoms with Gasteiger partial charge in [-0.3, -0.25) is 9.78 Å². The lowest BCUT2D eigenvalue weighted by Crippen LogP contribution is -2.35. The lowest BCUT2D eigenvalue weighted by atomic mass is 10.2. The molecule has 0 aliphatic heterocycles. The second kappa shape index (κ2) is 7.46. The molecule has 8 heteroatoms. The molecule has 1 amide bonds. The topological polar surface area (TPSA) is 95.0 Å². The molecule has 1 N–H and O–H groups in total. The normalized spacial score (nSPS) is 10.8. The number of benzene rings is 2. The maximum absolute atomic E-state index is 12.4. The van der Waals surface area contributed by atoms with E-state index in [-0.39, 0.29) is 16.7 Å². The third-order valence-electron chi connectivity index (χ3n) is 3.83. The van der Waals surface area contributed by atoms with Crippen LogP contribution < -0.4 is 15.1 Å². The minimum atomic E-state index is -0.578.